The normalized spacial score (nSPS) is 17.6. The van der Waals surface area contributed by atoms with Gasteiger partial charge in [0.15, 0.2) is 11.5 Å². The van der Waals surface area contributed by atoms with Gasteiger partial charge in [0.05, 0.1) is 6.54 Å². The van der Waals surface area contributed by atoms with Crippen molar-refractivity contribution in [3.63, 3.8) is 0 Å². The smallest absolute Gasteiger partial charge is 0.411 e. The molecule has 7 heteroatoms. The first-order valence-corrected chi connectivity index (χ1v) is 11.7. The fraction of sp³-hybridized carbons (Fsp3) is 0.481. The lowest BCUT2D eigenvalue weighted by Crippen LogP contribution is -2.52. The Kier molecular flexibility index (Phi) is 6.23. The molecule has 2 heterocycles. The van der Waals surface area contributed by atoms with E-state index in [2.05, 4.69) is 44.3 Å². The summed E-state index contributed by atoms with van der Waals surface area (Å²) in [7, 11) is 0. The lowest BCUT2D eigenvalue weighted by Gasteiger charge is -2.37. The molecule has 182 valence electrons. The standard InChI is InChI=1S/C27H34N2O5/c1-26(2,3)19-8-7-17-14-21(29(16-18(17)13-19)25(31)34-27(4,5)6)24(30)28-20-9-10-22-23(15-20)33-12-11-32-22/h7-10,13,15,21H,11-12,14,16H2,1-6H3,(H,28,30)/t21-/m0/s1. The summed E-state index contributed by atoms with van der Waals surface area (Å²) in [5.41, 5.74) is 3.21. The summed E-state index contributed by atoms with van der Waals surface area (Å²) in [5, 5.41) is 2.95. The van der Waals surface area contributed by atoms with Crippen LogP contribution in [0.25, 0.3) is 0 Å². The molecule has 0 unspecified atom stereocenters. The first-order chi connectivity index (χ1) is 15.9. The molecule has 2 aromatic rings. The minimum atomic E-state index is -0.698. The molecule has 7 nitrogen and oxygen atoms in total. The molecular formula is C27H34N2O5. The number of carbonyl (C=O) groups excluding carboxylic acids is 2. The molecule has 4 rings (SSSR count). The molecule has 34 heavy (non-hydrogen) atoms. The number of hydrogen-bond acceptors (Lipinski definition) is 5. The summed E-state index contributed by atoms with van der Waals surface area (Å²) >= 11 is 0. The maximum absolute atomic E-state index is 13.4. The Hall–Kier alpha value is -3.22. The third-order valence-electron chi connectivity index (χ3n) is 5.94. The summed E-state index contributed by atoms with van der Waals surface area (Å²) in [5.74, 6) is 0.978. The van der Waals surface area contributed by atoms with Crippen molar-refractivity contribution in [3.05, 3.63) is 53.1 Å². The second-order valence-corrected chi connectivity index (χ2v) is 10.9. The van der Waals surface area contributed by atoms with E-state index in [0.29, 0.717) is 43.4 Å². The summed E-state index contributed by atoms with van der Waals surface area (Å²) in [6.07, 6.45) is -0.0864. The van der Waals surface area contributed by atoms with Gasteiger partial charge in [0.1, 0.15) is 24.9 Å². The highest BCUT2D eigenvalue weighted by Crippen LogP contribution is 2.34. The van der Waals surface area contributed by atoms with Gasteiger partial charge in [-0.25, -0.2) is 4.79 Å². The Morgan fingerprint density at radius 3 is 2.32 bits per heavy atom. The van der Waals surface area contributed by atoms with Crippen LogP contribution in [0.1, 0.15) is 58.2 Å². The zero-order valence-corrected chi connectivity index (χ0v) is 20.9. The lowest BCUT2D eigenvalue weighted by atomic mass is 9.83. The first kappa shape index (κ1) is 23.9. The maximum Gasteiger partial charge on any atom is 0.411 e. The van der Waals surface area contributed by atoms with Crippen molar-refractivity contribution < 1.29 is 23.8 Å². The van der Waals surface area contributed by atoms with Crippen LogP contribution in [0, 0.1) is 0 Å². The highest BCUT2D eigenvalue weighted by Gasteiger charge is 2.37. The van der Waals surface area contributed by atoms with Gasteiger partial charge in [0.2, 0.25) is 5.91 Å². The average molecular weight is 467 g/mol. The fourth-order valence-electron chi connectivity index (χ4n) is 4.14. The van der Waals surface area contributed by atoms with Crippen LogP contribution >= 0.6 is 0 Å². The van der Waals surface area contributed by atoms with Crippen molar-refractivity contribution in [2.24, 2.45) is 0 Å². The van der Waals surface area contributed by atoms with E-state index in [1.807, 2.05) is 20.8 Å². The quantitative estimate of drug-likeness (QED) is 0.670. The third-order valence-corrected chi connectivity index (χ3v) is 5.94. The Morgan fingerprint density at radius 2 is 1.65 bits per heavy atom. The molecular weight excluding hydrogens is 432 g/mol. The zero-order valence-electron chi connectivity index (χ0n) is 20.9. The van der Waals surface area contributed by atoms with Gasteiger partial charge < -0.3 is 19.5 Å². The summed E-state index contributed by atoms with van der Waals surface area (Å²) in [6.45, 7) is 13.2. The predicted molar refractivity (Wildman–Crippen MR) is 130 cm³/mol. The number of hydrogen-bond donors (Lipinski definition) is 1. The minimum absolute atomic E-state index is 0.0156. The zero-order chi connectivity index (χ0) is 24.7. The largest absolute Gasteiger partial charge is 0.486 e. The van der Waals surface area contributed by atoms with E-state index in [4.69, 9.17) is 14.2 Å². The highest BCUT2D eigenvalue weighted by atomic mass is 16.6. The lowest BCUT2D eigenvalue weighted by molar-refractivity contribution is -0.121. The molecule has 0 spiro atoms. The van der Waals surface area contributed by atoms with E-state index in [9.17, 15) is 9.59 Å². The number of nitrogens with one attached hydrogen (secondary N) is 1. The SMILES string of the molecule is CC(C)(C)OC(=O)N1Cc2cc(C(C)(C)C)ccc2C[C@H]1C(=O)Nc1ccc2c(c1)OCCO2. The molecule has 2 amide bonds. The topological polar surface area (TPSA) is 77.1 Å². The number of amides is 2. The van der Waals surface area contributed by atoms with Crippen molar-refractivity contribution in [1.29, 1.82) is 0 Å². The Bertz CT molecular complexity index is 1100. The molecule has 2 aliphatic rings. The van der Waals surface area contributed by atoms with E-state index >= 15 is 0 Å². The average Bonchev–Trinajstić information content (AvgIpc) is 2.76. The predicted octanol–water partition coefficient (Wildman–Crippen LogP) is 5.06. The second kappa shape index (κ2) is 8.85. The highest BCUT2D eigenvalue weighted by molar-refractivity contribution is 5.97. The van der Waals surface area contributed by atoms with Gasteiger partial charge in [-0.15, -0.1) is 0 Å². The molecule has 0 saturated carbocycles. The molecule has 0 bridgehead atoms. The Balaban J connectivity index is 1.61. The van der Waals surface area contributed by atoms with Crippen LogP contribution < -0.4 is 14.8 Å². The van der Waals surface area contributed by atoms with E-state index in [1.165, 1.54) is 10.5 Å². The second-order valence-electron chi connectivity index (χ2n) is 10.9. The van der Waals surface area contributed by atoms with E-state index in [-0.39, 0.29) is 11.3 Å². The molecule has 0 aromatic heterocycles. The molecule has 2 aromatic carbocycles. The molecule has 0 radical (unpaired) electrons. The number of ether oxygens (including phenoxy) is 3. The van der Waals surface area contributed by atoms with E-state index < -0.39 is 17.7 Å². The Morgan fingerprint density at radius 1 is 0.941 bits per heavy atom. The number of benzene rings is 2. The van der Waals surface area contributed by atoms with Crippen LogP contribution in [0.2, 0.25) is 0 Å². The Labute approximate surface area is 201 Å². The molecule has 1 N–H and O–H groups in total. The first-order valence-electron chi connectivity index (χ1n) is 11.7. The van der Waals surface area contributed by atoms with Gasteiger partial charge in [-0.1, -0.05) is 39.0 Å². The van der Waals surface area contributed by atoms with Crippen molar-refractivity contribution in [2.75, 3.05) is 18.5 Å². The number of carbonyl (C=O) groups is 2. The molecule has 0 fully saturated rings. The summed E-state index contributed by atoms with van der Waals surface area (Å²) < 4.78 is 16.9. The van der Waals surface area contributed by atoms with Crippen molar-refractivity contribution in [2.45, 2.75) is 71.6 Å². The molecule has 0 aliphatic carbocycles. The number of nitrogens with zero attached hydrogens (tertiary/aromatic N) is 1. The minimum Gasteiger partial charge on any atom is -0.486 e. The van der Waals surface area contributed by atoms with Gasteiger partial charge in [-0.2, -0.15) is 0 Å². The van der Waals surface area contributed by atoms with Crippen LogP contribution in [0.3, 0.4) is 0 Å². The van der Waals surface area contributed by atoms with E-state index in [0.717, 1.165) is 11.1 Å². The van der Waals surface area contributed by atoms with Crippen LogP contribution in [0.4, 0.5) is 10.5 Å². The van der Waals surface area contributed by atoms with Crippen LogP contribution in [-0.4, -0.2) is 41.8 Å². The van der Waals surface area contributed by atoms with E-state index in [1.54, 1.807) is 18.2 Å². The summed E-state index contributed by atoms with van der Waals surface area (Å²) in [6, 6.07) is 10.9. The van der Waals surface area contributed by atoms with Crippen LogP contribution in [0.15, 0.2) is 36.4 Å². The molecule has 2 aliphatic heterocycles. The van der Waals surface area contributed by atoms with Gasteiger partial charge in [-0.3, -0.25) is 9.69 Å². The summed E-state index contributed by atoms with van der Waals surface area (Å²) in [4.78, 5) is 28.1. The van der Waals surface area contributed by atoms with Gasteiger partial charge in [0, 0.05) is 18.2 Å². The van der Waals surface area contributed by atoms with Crippen molar-refractivity contribution in [3.8, 4) is 11.5 Å². The molecule has 0 saturated heterocycles. The van der Waals surface area contributed by atoms with Gasteiger partial charge >= 0.3 is 6.09 Å². The van der Waals surface area contributed by atoms with Crippen LogP contribution in [-0.2, 0) is 27.9 Å². The van der Waals surface area contributed by atoms with Crippen molar-refractivity contribution in [1.82, 2.24) is 4.90 Å². The third kappa shape index (κ3) is 5.29. The van der Waals surface area contributed by atoms with Crippen LogP contribution in [0.5, 0.6) is 11.5 Å². The number of rotatable bonds is 2. The molecule has 1 atom stereocenters. The van der Waals surface area contributed by atoms with Gasteiger partial charge in [0.25, 0.3) is 0 Å². The van der Waals surface area contributed by atoms with Gasteiger partial charge in [-0.05, 0) is 55.0 Å². The number of fused-ring (bicyclic) bond motifs is 2. The van der Waals surface area contributed by atoms with Crippen molar-refractivity contribution >= 4 is 17.7 Å². The fourth-order valence-corrected chi connectivity index (χ4v) is 4.14. The number of anilines is 1. The monoisotopic (exact) mass is 466 g/mol. The maximum atomic E-state index is 13.4.